The number of anilines is 1. The molecule has 0 radical (unpaired) electrons. The van der Waals surface area contributed by atoms with E-state index in [1.807, 2.05) is 18.2 Å². The Labute approximate surface area is 163 Å². The number of fused-ring (bicyclic) bond motifs is 1. The normalized spacial score (nSPS) is 12.1. The molecule has 0 saturated heterocycles. The van der Waals surface area contributed by atoms with E-state index in [0.717, 1.165) is 9.86 Å². The fraction of sp³-hybridized carbons (Fsp3) is 0.278. The minimum atomic E-state index is -0.446. The predicted octanol–water partition coefficient (Wildman–Crippen LogP) is 3.99. The van der Waals surface area contributed by atoms with E-state index in [1.165, 1.54) is 4.68 Å². The van der Waals surface area contributed by atoms with Gasteiger partial charge >= 0.3 is 5.69 Å². The fourth-order valence-corrected chi connectivity index (χ4v) is 3.42. The van der Waals surface area contributed by atoms with Crippen LogP contribution in [0.1, 0.15) is 18.3 Å². The molecular formula is C18H18BrN5O3. The Balaban J connectivity index is 1.81. The van der Waals surface area contributed by atoms with Crippen molar-refractivity contribution in [1.29, 1.82) is 0 Å². The van der Waals surface area contributed by atoms with Crippen LogP contribution in [0.4, 0.5) is 11.4 Å². The number of hydrogen-bond donors (Lipinski definition) is 1. The van der Waals surface area contributed by atoms with Gasteiger partial charge in [-0.05, 0) is 32.0 Å². The van der Waals surface area contributed by atoms with E-state index >= 15 is 0 Å². The second kappa shape index (κ2) is 7.43. The summed E-state index contributed by atoms with van der Waals surface area (Å²) in [5, 5.41) is 19.1. The van der Waals surface area contributed by atoms with E-state index in [0.29, 0.717) is 22.6 Å². The lowest BCUT2D eigenvalue weighted by atomic mass is 10.1. The Kier molecular flexibility index (Phi) is 5.22. The molecule has 0 aliphatic rings. The first-order valence-corrected chi connectivity index (χ1v) is 9.11. The maximum atomic E-state index is 12.7. The van der Waals surface area contributed by atoms with Crippen LogP contribution in [0.5, 0.6) is 0 Å². The van der Waals surface area contributed by atoms with Crippen molar-refractivity contribution in [2.75, 3.05) is 5.32 Å². The average Bonchev–Trinajstić information content (AvgIpc) is 2.91. The largest absolute Gasteiger partial charge is 0.324 e. The van der Waals surface area contributed by atoms with Crippen LogP contribution in [0.2, 0.25) is 0 Å². The molecule has 0 saturated carbocycles. The number of nitrogens with zero attached hydrogens (tertiary/aromatic N) is 4. The number of aromatic nitrogens is 3. The molecule has 1 atom stereocenters. The van der Waals surface area contributed by atoms with Crippen molar-refractivity contribution in [1.82, 2.24) is 14.8 Å². The smallest absolute Gasteiger partial charge is 0.312 e. The standard InChI is InChI=1S/C18H18BrN5O3/c1-10(9-23-12(3)17(24(26)27)11(2)22-23)18(25)21-15-7-6-14(19)13-5-4-8-20-16(13)15/h4-8,10H,9H2,1-3H3,(H,21,25). The average molecular weight is 432 g/mol. The number of rotatable bonds is 5. The molecular weight excluding hydrogens is 414 g/mol. The van der Waals surface area contributed by atoms with Gasteiger partial charge in [0, 0.05) is 16.1 Å². The van der Waals surface area contributed by atoms with E-state index in [1.54, 1.807) is 33.0 Å². The van der Waals surface area contributed by atoms with Crippen LogP contribution < -0.4 is 5.32 Å². The zero-order valence-electron chi connectivity index (χ0n) is 15.1. The second-order valence-corrected chi connectivity index (χ2v) is 7.20. The summed E-state index contributed by atoms with van der Waals surface area (Å²) in [6.45, 7) is 5.22. The lowest BCUT2D eigenvalue weighted by Gasteiger charge is -2.14. The molecule has 27 heavy (non-hydrogen) atoms. The number of hydrogen-bond acceptors (Lipinski definition) is 5. The summed E-state index contributed by atoms with van der Waals surface area (Å²) in [5.41, 5.74) is 2.08. The fourth-order valence-electron chi connectivity index (χ4n) is 2.97. The Hall–Kier alpha value is -2.81. The van der Waals surface area contributed by atoms with Crippen molar-refractivity contribution >= 4 is 44.1 Å². The van der Waals surface area contributed by atoms with Crippen LogP contribution in [-0.2, 0) is 11.3 Å². The van der Waals surface area contributed by atoms with E-state index in [-0.39, 0.29) is 18.1 Å². The first-order valence-electron chi connectivity index (χ1n) is 8.32. The number of carbonyl (C=O) groups excluding carboxylic acids is 1. The number of nitrogens with one attached hydrogen (secondary N) is 1. The van der Waals surface area contributed by atoms with Gasteiger partial charge in [0.2, 0.25) is 5.91 Å². The number of benzene rings is 1. The highest BCUT2D eigenvalue weighted by Crippen LogP contribution is 2.29. The summed E-state index contributed by atoms with van der Waals surface area (Å²) in [6.07, 6.45) is 1.67. The molecule has 1 aromatic carbocycles. The highest BCUT2D eigenvalue weighted by molar-refractivity contribution is 9.10. The Morgan fingerprint density at radius 1 is 1.37 bits per heavy atom. The van der Waals surface area contributed by atoms with Crippen LogP contribution in [0.3, 0.4) is 0 Å². The van der Waals surface area contributed by atoms with Crippen molar-refractivity contribution in [3.8, 4) is 0 Å². The molecule has 1 amide bonds. The summed E-state index contributed by atoms with van der Waals surface area (Å²) < 4.78 is 2.40. The molecule has 1 N–H and O–H groups in total. The van der Waals surface area contributed by atoms with Gasteiger partial charge in [0.05, 0.1) is 28.6 Å². The minimum absolute atomic E-state index is 0.00860. The Bertz CT molecular complexity index is 1050. The third kappa shape index (κ3) is 3.68. The van der Waals surface area contributed by atoms with E-state index in [9.17, 15) is 14.9 Å². The topological polar surface area (TPSA) is 103 Å². The molecule has 8 nitrogen and oxygen atoms in total. The number of nitro groups is 1. The van der Waals surface area contributed by atoms with Crippen molar-refractivity contribution in [3.05, 3.63) is 56.4 Å². The SMILES string of the molecule is Cc1nn(CC(C)C(=O)Nc2ccc(Br)c3cccnc23)c(C)c1[N+](=O)[O-]. The van der Waals surface area contributed by atoms with Gasteiger partial charge < -0.3 is 5.32 Å². The number of amides is 1. The number of halogens is 1. The number of pyridine rings is 1. The van der Waals surface area contributed by atoms with Gasteiger partial charge in [-0.1, -0.05) is 28.9 Å². The van der Waals surface area contributed by atoms with E-state index < -0.39 is 10.8 Å². The van der Waals surface area contributed by atoms with Crippen LogP contribution >= 0.6 is 15.9 Å². The molecule has 0 spiro atoms. The molecule has 2 aromatic heterocycles. The van der Waals surface area contributed by atoms with Gasteiger partial charge in [-0.2, -0.15) is 5.10 Å². The molecule has 0 fully saturated rings. The number of aryl methyl sites for hydroxylation is 1. The van der Waals surface area contributed by atoms with Crippen LogP contribution in [0.25, 0.3) is 10.9 Å². The predicted molar refractivity (Wildman–Crippen MR) is 106 cm³/mol. The highest BCUT2D eigenvalue weighted by atomic mass is 79.9. The molecule has 2 heterocycles. The Morgan fingerprint density at radius 3 is 2.78 bits per heavy atom. The van der Waals surface area contributed by atoms with Gasteiger partial charge in [-0.15, -0.1) is 0 Å². The summed E-state index contributed by atoms with van der Waals surface area (Å²) in [4.78, 5) is 27.7. The van der Waals surface area contributed by atoms with Gasteiger partial charge in [0.1, 0.15) is 11.4 Å². The first kappa shape index (κ1) is 19.0. The van der Waals surface area contributed by atoms with E-state index in [2.05, 4.69) is 31.3 Å². The quantitative estimate of drug-likeness (QED) is 0.485. The monoisotopic (exact) mass is 431 g/mol. The van der Waals surface area contributed by atoms with Crippen molar-refractivity contribution in [2.45, 2.75) is 27.3 Å². The van der Waals surface area contributed by atoms with Crippen LogP contribution in [0, 0.1) is 29.9 Å². The lowest BCUT2D eigenvalue weighted by Crippen LogP contribution is -2.25. The zero-order chi connectivity index (χ0) is 19.7. The zero-order valence-corrected chi connectivity index (χ0v) is 16.6. The number of carbonyl (C=O) groups is 1. The molecule has 0 bridgehead atoms. The van der Waals surface area contributed by atoms with Crippen molar-refractivity contribution in [2.24, 2.45) is 5.92 Å². The molecule has 140 valence electrons. The maximum absolute atomic E-state index is 12.7. The summed E-state index contributed by atoms with van der Waals surface area (Å²) in [5.74, 6) is -0.649. The molecule has 1 unspecified atom stereocenters. The Morgan fingerprint density at radius 2 is 2.11 bits per heavy atom. The second-order valence-electron chi connectivity index (χ2n) is 6.34. The van der Waals surface area contributed by atoms with Crippen molar-refractivity contribution < 1.29 is 9.72 Å². The van der Waals surface area contributed by atoms with Gasteiger partial charge in [-0.25, -0.2) is 0 Å². The van der Waals surface area contributed by atoms with Gasteiger partial charge in [-0.3, -0.25) is 24.6 Å². The molecule has 9 heteroatoms. The van der Waals surface area contributed by atoms with Gasteiger partial charge in [0.25, 0.3) is 0 Å². The molecule has 3 rings (SSSR count). The third-order valence-corrected chi connectivity index (χ3v) is 5.09. The molecule has 0 aliphatic carbocycles. The van der Waals surface area contributed by atoms with Crippen LogP contribution in [0.15, 0.2) is 34.9 Å². The van der Waals surface area contributed by atoms with E-state index in [4.69, 9.17) is 0 Å². The van der Waals surface area contributed by atoms with Gasteiger partial charge in [0.15, 0.2) is 0 Å². The summed E-state index contributed by atoms with van der Waals surface area (Å²) >= 11 is 3.48. The van der Waals surface area contributed by atoms with Crippen molar-refractivity contribution in [3.63, 3.8) is 0 Å². The highest BCUT2D eigenvalue weighted by Gasteiger charge is 2.24. The third-order valence-electron chi connectivity index (χ3n) is 4.39. The molecule has 0 aliphatic heterocycles. The lowest BCUT2D eigenvalue weighted by molar-refractivity contribution is -0.386. The maximum Gasteiger partial charge on any atom is 0.312 e. The summed E-state index contributed by atoms with van der Waals surface area (Å²) in [7, 11) is 0. The first-order chi connectivity index (χ1) is 12.8. The summed E-state index contributed by atoms with van der Waals surface area (Å²) in [6, 6.07) is 7.39. The minimum Gasteiger partial charge on any atom is -0.324 e. The molecule has 3 aromatic rings. The van der Waals surface area contributed by atoms with Crippen LogP contribution in [-0.4, -0.2) is 25.6 Å².